The Morgan fingerprint density at radius 3 is 2.71 bits per heavy atom. The molecule has 1 aliphatic heterocycles. The lowest BCUT2D eigenvalue weighted by molar-refractivity contribution is 0.325. The van der Waals surface area contributed by atoms with Crippen molar-refractivity contribution in [1.29, 1.82) is 0 Å². The molecule has 78 valence electrons. The van der Waals surface area contributed by atoms with Gasteiger partial charge in [0.05, 0.1) is 0 Å². The van der Waals surface area contributed by atoms with Crippen LogP contribution in [-0.2, 0) is 6.54 Å². The third-order valence-electron chi connectivity index (χ3n) is 3.00. The molecule has 0 unspecified atom stereocenters. The number of aryl methyl sites for hydroxylation is 2. The number of hydrogen-bond donors (Lipinski definition) is 0. The molecule has 1 fully saturated rings. The maximum Gasteiger partial charge on any atom is 0.105 e. The summed E-state index contributed by atoms with van der Waals surface area (Å²) in [4.78, 5) is 6.78. The maximum absolute atomic E-state index is 4.22. The molecular formula is C11H19N3. The van der Waals surface area contributed by atoms with E-state index in [1.54, 1.807) is 0 Å². The van der Waals surface area contributed by atoms with E-state index >= 15 is 0 Å². The topological polar surface area (TPSA) is 21.1 Å². The van der Waals surface area contributed by atoms with Crippen molar-refractivity contribution in [3.8, 4) is 0 Å². The summed E-state index contributed by atoms with van der Waals surface area (Å²) in [6, 6.07) is 0. The molecule has 3 nitrogen and oxygen atoms in total. The molecule has 0 saturated carbocycles. The largest absolute Gasteiger partial charge is 0.335 e. The Kier molecular flexibility index (Phi) is 3.19. The summed E-state index contributed by atoms with van der Waals surface area (Å²) in [5.74, 6) is 1.13. The van der Waals surface area contributed by atoms with Crippen LogP contribution in [0.25, 0.3) is 0 Å². The predicted octanol–water partition coefficient (Wildman–Crippen LogP) is 1.68. The van der Waals surface area contributed by atoms with Gasteiger partial charge in [-0.25, -0.2) is 4.98 Å². The molecule has 0 aliphatic carbocycles. The van der Waals surface area contributed by atoms with Crippen molar-refractivity contribution in [2.24, 2.45) is 0 Å². The molecule has 14 heavy (non-hydrogen) atoms. The fraction of sp³-hybridized carbons (Fsp3) is 0.727. The fourth-order valence-corrected chi connectivity index (χ4v) is 2.11. The van der Waals surface area contributed by atoms with Crippen LogP contribution in [0.5, 0.6) is 0 Å². The van der Waals surface area contributed by atoms with Crippen molar-refractivity contribution in [2.45, 2.75) is 32.7 Å². The van der Waals surface area contributed by atoms with E-state index < -0.39 is 0 Å². The summed E-state index contributed by atoms with van der Waals surface area (Å²) in [7, 11) is 0. The molecule has 0 radical (unpaired) electrons. The van der Waals surface area contributed by atoms with E-state index in [9.17, 15) is 0 Å². The van der Waals surface area contributed by atoms with Gasteiger partial charge in [-0.05, 0) is 45.8 Å². The quantitative estimate of drug-likeness (QED) is 0.725. The minimum absolute atomic E-state index is 1.11. The lowest BCUT2D eigenvalue weighted by Crippen LogP contribution is -2.21. The van der Waals surface area contributed by atoms with Crippen LogP contribution in [0.4, 0.5) is 0 Å². The van der Waals surface area contributed by atoms with Gasteiger partial charge in [0.25, 0.3) is 0 Å². The standard InChI is InChI=1S/C11H19N3/c1-11-12-5-10-14(11)9-4-8-13-6-2-3-7-13/h5,10H,2-4,6-9H2,1H3. The summed E-state index contributed by atoms with van der Waals surface area (Å²) >= 11 is 0. The summed E-state index contributed by atoms with van der Waals surface area (Å²) in [5, 5.41) is 0. The highest BCUT2D eigenvalue weighted by atomic mass is 15.1. The van der Waals surface area contributed by atoms with Gasteiger partial charge in [-0.1, -0.05) is 0 Å². The zero-order valence-electron chi connectivity index (χ0n) is 8.95. The first-order chi connectivity index (χ1) is 6.86. The molecule has 1 saturated heterocycles. The van der Waals surface area contributed by atoms with E-state index in [0.717, 1.165) is 12.4 Å². The molecule has 3 heteroatoms. The van der Waals surface area contributed by atoms with Crippen LogP contribution >= 0.6 is 0 Å². The first kappa shape index (κ1) is 9.71. The zero-order valence-corrected chi connectivity index (χ0v) is 8.95. The van der Waals surface area contributed by atoms with Crippen molar-refractivity contribution in [3.63, 3.8) is 0 Å². The molecule has 0 aromatic carbocycles. The molecule has 0 bridgehead atoms. The fourth-order valence-electron chi connectivity index (χ4n) is 2.11. The third-order valence-corrected chi connectivity index (χ3v) is 3.00. The summed E-state index contributed by atoms with van der Waals surface area (Å²) < 4.78 is 2.23. The third kappa shape index (κ3) is 2.35. The number of rotatable bonds is 4. The van der Waals surface area contributed by atoms with Crippen molar-refractivity contribution < 1.29 is 0 Å². The highest BCUT2D eigenvalue weighted by Crippen LogP contribution is 2.08. The Labute approximate surface area is 85.7 Å². The average Bonchev–Trinajstić information content (AvgIpc) is 2.78. The van der Waals surface area contributed by atoms with Crippen molar-refractivity contribution in [1.82, 2.24) is 14.5 Å². The second-order valence-electron chi connectivity index (χ2n) is 4.07. The van der Waals surface area contributed by atoms with Crippen LogP contribution in [0.15, 0.2) is 12.4 Å². The second kappa shape index (κ2) is 4.60. The number of hydrogen-bond acceptors (Lipinski definition) is 2. The highest BCUT2D eigenvalue weighted by molar-refractivity contribution is 4.88. The van der Waals surface area contributed by atoms with Crippen LogP contribution in [0.3, 0.4) is 0 Å². The number of aromatic nitrogens is 2. The van der Waals surface area contributed by atoms with Crippen molar-refractivity contribution >= 4 is 0 Å². The van der Waals surface area contributed by atoms with E-state index in [4.69, 9.17) is 0 Å². The van der Waals surface area contributed by atoms with Crippen molar-refractivity contribution in [3.05, 3.63) is 18.2 Å². The van der Waals surface area contributed by atoms with Crippen LogP contribution in [0.2, 0.25) is 0 Å². The van der Waals surface area contributed by atoms with Gasteiger partial charge in [0.1, 0.15) is 5.82 Å². The number of likely N-dealkylation sites (tertiary alicyclic amines) is 1. The first-order valence-electron chi connectivity index (χ1n) is 5.56. The van der Waals surface area contributed by atoms with E-state index in [0.29, 0.717) is 0 Å². The van der Waals surface area contributed by atoms with E-state index in [-0.39, 0.29) is 0 Å². The molecular weight excluding hydrogens is 174 g/mol. The van der Waals surface area contributed by atoms with E-state index in [1.807, 2.05) is 6.20 Å². The average molecular weight is 193 g/mol. The lowest BCUT2D eigenvalue weighted by Gasteiger charge is -2.14. The minimum atomic E-state index is 1.11. The molecule has 1 aromatic heterocycles. The maximum atomic E-state index is 4.22. The SMILES string of the molecule is Cc1nccn1CCCN1CCCC1. The molecule has 0 N–H and O–H groups in total. The Balaban J connectivity index is 1.70. The van der Waals surface area contributed by atoms with Gasteiger partial charge >= 0.3 is 0 Å². The van der Waals surface area contributed by atoms with Gasteiger partial charge in [-0.15, -0.1) is 0 Å². The van der Waals surface area contributed by atoms with E-state index in [1.165, 1.54) is 38.9 Å². The number of imidazole rings is 1. The van der Waals surface area contributed by atoms with Gasteiger partial charge in [-0.2, -0.15) is 0 Å². The van der Waals surface area contributed by atoms with Gasteiger partial charge in [0, 0.05) is 18.9 Å². The summed E-state index contributed by atoms with van der Waals surface area (Å²) in [6.07, 6.45) is 7.98. The van der Waals surface area contributed by atoms with Gasteiger partial charge in [0.15, 0.2) is 0 Å². The molecule has 1 aliphatic rings. The van der Waals surface area contributed by atoms with Crippen LogP contribution in [-0.4, -0.2) is 34.1 Å². The molecule has 0 amide bonds. The monoisotopic (exact) mass is 193 g/mol. The van der Waals surface area contributed by atoms with Crippen LogP contribution in [0.1, 0.15) is 25.1 Å². The Morgan fingerprint density at radius 2 is 2.07 bits per heavy atom. The van der Waals surface area contributed by atoms with Crippen LogP contribution in [0, 0.1) is 6.92 Å². The molecule has 2 rings (SSSR count). The Bertz CT molecular complexity index is 274. The minimum Gasteiger partial charge on any atom is -0.335 e. The van der Waals surface area contributed by atoms with Gasteiger partial charge < -0.3 is 9.47 Å². The Morgan fingerprint density at radius 1 is 1.29 bits per heavy atom. The normalized spacial score (nSPS) is 17.8. The predicted molar refractivity (Wildman–Crippen MR) is 57.3 cm³/mol. The summed E-state index contributed by atoms with van der Waals surface area (Å²) in [5.41, 5.74) is 0. The van der Waals surface area contributed by atoms with E-state index in [2.05, 4.69) is 27.6 Å². The summed E-state index contributed by atoms with van der Waals surface area (Å²) in [6.45, 7) is 7.04. The lowest BCUT2D eigenvalue weighted by atomic mass is 10.4. The zero-order chi connectivity index (χ0) is 9.80. The number of nitrogens with zero attached hydrogens (tertiary/aromatic N) is 3. The molecule has 0 atom stereocenters. The molecule has 0 spiro atoms. The second-order valence-corrected chi connectivity index (χ2v) is 4.07. The van der Waals surface area contributed by atoms with Gasteiger partial charge in [-0.3, -0.25) is 0 Å². The first-order valence-corrected chi connectivity index (χ1v) is 5.56. The van der Waals surface area contributed by atoms with Gasteiger partial charge in [0.2, 0.25) is 0 Å². The Hall–Kier alpha value is -0.830. The molecule has 2 heterocycles. The van der Waals surface area contributed by atoms with Crippen LogP contribution < -0.4 is 0 Å². The van der Waals surface area contributed by atoms with Crippen molar-refractivity contribution in [2.75, 3.05) is 19.6 Å². The highest BCUT2D eigenvalue weighted by Gasteiger charge is 2.10. The smallest absolute Gasteiger partial charge is 0.105 e. The molecule has 1 aromatic rings.